The molecule has 1 heterocycles. The smallest absolute Gasteiger partial charge is 0.230 e. The highest BCUT2D eigenvalue weighted by Gasteiger charge is 2.09. The molecule has 6 heteroatoms. The Labute approximate surface area is 124 Å². The first-order valence-corrected chi connectivity index (χ1v) is 6.71. The average Bonchev–Trinajstić information content (AvgIpc) is 2.39. The number of halogens is 2. The van der Waals surface area contributed by atoms with Gasteiger partial charge in [0.2, 0.25) is 5.91 Å². The van der Waals surface area contributed by atoms with E-state index in [1.54, 1.807) is 25.1 Å². The van der Waals surface area contributed by atoms with Gasteiger partial charge in [0, 0.05) is 11.4 Å². The SMILES string of the molecule is Cc1cc(F)c(Br)cc1NC(=O)Cc1ccc(N)cn1. The lowest BCUT2D eigenvalue weighted by Gasteiger charge is -2.09. The molecule has 0 atom stereocenters. The van der Waals surface area contributed by atoms with Gasteiger partial charge in [-0.2, -0.15) is 0 Å². The van der Waals surface area contributed by atoms with Crippen LogP contribution in [-0.4, -0.2) is 10.9 Å². The number of hydrogen-bond donors (Lipinski definition) is 2. The first kappa shape index (κ1) is 14.5. The van der Waals surface area contributed by atoms with Crippen molar-refractivity contribution in [3.8, 4) is 0 Å². The molecule has 3 N–H and O–H groups in total. The van der Waals surface area contributed by atoms with Crippen LogP contribution in [0.5, 0.6) is 0 Å². The molecule has 104 valence electrons. The molecule has 0 saturated heterocycles. The molecule has 0 unspecified atom stereocenters. The van der Waals surface area contributed by atoms with Crippen molar-refractivity contribution in [2.24, 2.45) is 0 Å². The molecule has 1 aromatic carbocycles. The summed E-state index contributed by atoms with van der Waals surface area (Å²) in [4.78, 5) is 16.0. The Morgan fingerprint density at radius 2 is 2.20 bits per heavy atom. The quantitative estimate of drug-likeness (QED) is 0.904. The molecule has 0 aliphatic rings. The maximum atomic E-state index is 13.3. The van der Waals surface area contributed by atoms with Gasteiger partial charge in [0.25, 0.3) is 0 Å². The van der Waals surface area contributed by atoms with Crippen molar-refractivity contribution in [2.45, 2.75) is 13.3 Å². The van der Waals surface area contributed by atoms with Crippen molar-refractivity contribution in [1.82, 2.24) is 4.98 Å². The molecule has 2 rings (SSSR count). The minimum atomic E-state index is -0.360. The van der Waals surface area contributed by atoms with Crippen LogP contribution in [-0.2, 0) is 11.2 Å². The molecule has 4 nitrogen and oxygen atoms in total. The maximum Gasteiger partial charge on any atom is 0.230 e. The van der Waals surface area contributed by atoms with Crippen LogP contribution in [0.1, 0.15) is 11.3 Å². The fourth-order valence-corrected chi connectivity index (χ4v) is 2.02. The van der Waals surface area contributed by atoms with Gasteiger partial charge in [-0.05, 0) is 52.7 Å². The summed E-state index contributed by atoms with van der Waals surface area (Å²) in [5.74, 6) is -0.579. The molecular formula is C14H13BrFN3O. The van der Waals surface area contributed by atoms with Gasteiger partial charge < -0.3 is 11.1 Å². The Bertz CT molecular complexity index is 644. The number of carbonyl (C=O) groups excluding carboxylic acids is 1. The Balaban J connectivity index is 2.08. The number of aromatic nitrogens is 1. The molecule has 1 amide bonds. The third kappa shape index (κ3) is 3.54. The van der Waals surface area contributed by atoms with E-state index in [0.717, 1.165) is 0 Å². The third-order valence-corrected chi connectivity index (χ3v) is 3.34. The highest BCUT2D eigenvalue weighted by atomic mass is 79.9. The lowest BCUT2D eigenvalue weighted by Crippen LogP contribution is -2.16. The number of rotatable bonds is 3. The summed E-state index contributed by atoms with van der Waals surface area (Å²) in [5.41, 5.74) is 7.92. The van der Waals surface area contributed by atoms with Crippen molar-refractivity contribution in [2.75, 3.05) is 11.1 Å². The van der Waals surface area contributed by atoms with E-state index < -0.39 is 0 Å². The monoisotopic (exact) mass is 337 g/mol. The van der Waals surface area contributed by atoms with E-state index in [1.165, 1.54) is 12.3 Å². The molecule has 0 aliphatic heterocycles. The van der Waals surface area contributed by atoms with Crippen LogP contribution in [0.2, 0.25) is 0 Å². The van der Waals surface area contributed by atoms with E-state index >= 15 is 0 Å². The van der Waals surface area contributed by atoms with Gasteiger partial charge in [0.05, 0.1) is 22.8 Å². The lowest BCUT2D eigenvalue weighted by molar-refractivity contribution is -0.115. The van der Waals surface area contributed by atoms with Crippen molar-refractivity contribution in [3.05, 3.63) is 52.0 Å². The van der Waals surface area contributed by atoms with E-state index in [0.29, 0.717) is 27.1 Å². The zero-order valence-corrected chi connectivity index (χ0v) is 12.4. The number of aryl methyl sites for hydroxylation is 1. The maximum absolute atomic E-state index is 13.3. The molecule has 0 radical (unpaired) electrons. The van der Waals surface area contributed by atoms with E-state index in [4.69, 9.17) is 5.73 Å². The molecule has 0 bridgehead atoms. The first-order valence-electron chi connectivity index (χ1n) is 5.91. The van der Waals surface area contributed by atoms with Gasteiger partial charge in [-0.1, -0.05) is 0 Å². The Hall–Kier alpha value is -1.95. The summed E-state index contributed by atoms with van der Waals surface area (Å²) in [6.07, 6.45) is 1.64. The second-order valence-corrected chi connectivity index (χ2v) is 5.24. The van der Waals surface area contributed by atoms with Gasteiger partial charge in [-0.3, -0.25) is 9.78 Å². The number of anilines is 2. The van der Waals surface area contributed by atoms with Crippen LogP contribution in [0, 0.1) is 12.7 Å². The van der Waals surface area contributed by atoms with E-state index in [2.05, 4.69) is 26.2 Å². The number of benzene rings is 1. The van der Waals surface area contributed by atoms with Crippen molar-refractivity contribution in [1.29, 1.82) is 0 Å². The molecular weight excluding hydrogens is 325 g/mol. The highest BCUT2D eigenvalue weighted by molar-refractivity contribution is 9.10. The standard InChI is InChI=1S/C14H13BrFN3O/c1-8-4-12(16)11(15)6-13(8)19-14(20)5-10-3-2-9(17)7-18-10/h2-4,6-7H,5,17H2,1H3,(H,19,20). The number of carbonyl (C=O) groups is 1. The Morgan fingerprint density at radius 3 is 2.85 bits per heavy atom. The summed E-state index contributed by atoms with van der Waals surface area (Å²) < 4.78 is 13.6. The van der Waals surface area contributed by atoms with E-state index in [1.807, 2.05) is 0 Å². The molecule has 0 aliphatic carbocycles. The zero-order chi connectivity index (χ0) is 14.7. The van der Waals surface area contributed by atoms with Gasteiger partial charge >= 0.3 is 0 Å². The Kier molecular flexibility index (Phi) is 4.34. The zero-order valence-electron chi connectivity index (χ0n) is 10.8. The van der Waals surface area contributed by atoms with Crippen LogP contribution < -0.4 is 11.1 Å². The lowest BCUT2D eigenvalue weighted by atomic mass is 10.2. The average molecular weight is 338 g/mol. The number of nitrogens with zero attached hydrogens (tertiary/aromatic N) is 1. The van der Waals surface area contributed by atoms with Crippen LogP contribution >= 0.6 is 15.9 Å². The molecule has 0 saturated carbocycles. The summed E-state index contributed by atoms with van der Waals surface area (Å²) in [6, 6.07) is 6.29. The summed E-state index contributed by atoms with van der Waals surface area (Å²) >= 11 is 3.09. The first-order chi connectivity index (χ1) is 9.45. The predicted molar refractivity (Wildman–Crippen MR) is 79.8 cm³/mol. The number of nitrogens with two attached hydrogens (primary N) is 1. The number of amides is 1. The Morgan fingerprint density at radius 1 is 1.45 bits per heavy atom. The van der Waals surface area contributed by atoms with Crippen molar-refractivity contribution < 1.29 is 9.18 Å². The number of nitrogen functional groups attached to an aromatic ring is 1. The minimum Gasteiger partial charge on any atom is -0.397 e. The summed E-state index contributed by atoms with van der Waals surface area (Å²) in [5, 5.41) is 2.73. The summed E-state index contributed by atoms with van der Waals surface area (Å²) in [6.45, 7) is 1.73. The summed E-state index contributed by atoms with van der Waals surface area (Å²) in [7, 11) is 0. The van der Waals surface area contributed by atoms with Crippen LogP contribution in [0.3, 0.4) is 0 Å². The predicted octanol–water partition coefficient (Wildman–Crippen LogP) is 3.06. The van der Waals surface area contributed by atoms with Gasteiger partial charge in [-0.15, -0.1) is 0 Å². The highest BCUT2D eigenvalue weighted by Crippen LogP contribution is 2.24. The molecule has 2 aromatic rings. The second kappa shape index (κ2) is 6.00. The molecule has 0 fully saturated rings. The van der Waals surface area contributed by atoms with Crippen LogP contribution in [0.15, 0.2) is 34.9 Å². The van der Waals surface area contributed by atoms with Crippen LogP contribution in [0.25, 0.3) is 0 Å². The largest absolute Gasteiger partial charge is 0.397 e. The van der Waals surface area contributed by atoms with E-state index in [-0.39, 0.29) is 18.1 Å². The van der Waals surface area contributed by atoms with Gasteiger partial charge in [0.1, 0.15) is 5.82 Å². The molecule has 20 heavy (non-hydrogen) atoms. The molecule has 0 spiro atoms. The minimum absolute atomic E-state index is 0.134. The van der Waals surface area contributed by atoms with Crippen LogP contribution in [0.4, 0.5) is 15.8 Å². The fraction of sp³-hybridized carbons (Fsp3) is 0.143. The van der Waals surface area contributed by atoms with Crippen molar-refractivity contribution in [3.63, 3.8) is 0 Å². The van der Waals surface area contributed by atoms with E-state index in [9.17, 15) is 9.18 Å². The van der Waals surface area contributed by atoms with Gasteiger partial charge in [-0.25, -0.2) is 4.39 Å². The second-order valence-electron chi connectivity index (χ2n) is 4.39. The number of hydrogen-bond acceptors (Lipinski definition) is 3. The molecule has 1 aromatic heterocycles. The fourth-order valence-electron chi connectivity index (χ4n) is 1.68. The topological polar surface area (TPSA) is 68.0 Å². The number of pyridine rings is 1. The van der Waals surface area contributed by atoms with Gasteiger partial charge in [0.15, 0.2) is 0 Å². The third-order valence-electron chi connectivity index (χ3n) is 2.73. The normalized spacial score (nSPS) is 10.3. The van der Waals surface area contributed by atoms with Crippen molar-refractivity contribution >= 4 is 33.2 Å². The number of nitrogens with one attached hydrogen (secondary N) is 1.